The van der Waals surface area contributed by atoms with Crippen molar-refractivity contribution in [2.75, 3.05) is 0 Å². The molecule has 0 radical (unpaired) electrons. The molecule has 0 aliphatic carbocycles. The fraction of sp³-hybridized carbons (Fsp3) is 0. The standard InChI is InChI=1S/C11H6O7S/c12-8-2-1-6-5-7-3-4-16-9(7)11(10(6)17-8)18-19(13,14)15/h1-5H,(H,13,14,15). The minimum atomic E-state index is -4.77. The molecular weight excluding hydrogens is 276 g/mol. The van der Waals surface area contributed by atoms with Gasteiger partial charge in [-0.25, -0.2) is 4.79 Å². The number of furan rings is 1. The predicted molar refractivity (Wildman–Crippen MR) is 64.4 cm³/mol. The van der Waals surface area contributed by atoms with Gasteiger partial charge in [0.2, 0.25) is 5.75 Å². The van der Waals surface area contributed by atoms with E-state index in [0.29, 0.717) is 10.8 Å². The normalized spacial score (nSPS) is 12.1. The van der Waals surface area contributed by atoms with Crippen molar-refractivity contribution in [3.63, 3.8) is 0 Å². The fourth-order valence-electron chi connectivity index (χ4n) is 1.79. The van der Waals surface area contributed by atoms with Crippen LogP contribution in [-0.2, 0) is 10.4 Å². The third-order valence-electron chi connectivity index (χ3n) is 2.47. The van der Waals surface area contributed by atoms with Gasteiger partial charge in [-0.3, -0.25) is 4.55 Å². The Kier molecular flexibility index (Phi) is 2.37. The zero-order chi connectivity index (χ0) is 13.6. The molecule has 0 saturated carbocycles. The van der Waals surface area contributed by atoms with E-state index in [2.05, 4.69) is 4.18 Å². The number of rotatable bonds is 2. The lowest BCUT2D eigenvalue weighted by Gasteiger charge is -2.05. The van der Waals surface area contributed by atoms with E-state index in [9.17, 15) is 13.2 Å². The fourth-order valence-corrected chi connectivity index (χ4v) is 2.15. The lowest BCUT2D eigenvalue weighted by atomic mass is 10.1. The predicted octanol–water partition coefficient (Wildman–Crippen LogP) is 1.72. The van der Waals surface area contributed by atoms with Gasteiger partial charge in [-0.15, -0.1) is 0 Å². The SMILES string of the molecule is O=c1ccc2cc3ccoc3c(OS(=O)(=O)O)c2o1. The first-order valence-corrected chi connectivity index (χ1v) is 6.41. The molecule has 8 heteroatoms. The Labute approximate surface area is 106 Å². The molecule has 0 atom stereocenters. The average molecular weight is 282 g/mol. The van der Waals surface area contributed by atoms with Crippen molar-refractivity contribution in [1.29, 1.82) is 0 Å². The molecule has 0 aliphatic heterocycles. The summed E-state index contributed by atoms with van der Waals surface area (Å²) >= 11 is 0. The summed E-state index contributed by atoms with van der Waals surface area (Å²) in [6.45, 7) is 0. The van der Waals surface area contributed by atoms with Crippen LogP contribution in [0.3, 0.4) is 0 Å². The summed E-state index contributed by atoms with van der Waals surface area (Å²) in [5.74, 6) is -0.363. The smallest absolute Gasteiger partial charge is 0.446 e. The van der Waals surface area contributed by atoms with Crippen molar-refractivity contribution >= 4 is 32.3 Å². The molecule has 3 rings (SSSR count). The van der Waals surface area contributed by atoms with E-state index >= 15 is 0 Å². The van der Waals surface area contributed by atoms with E-state index in [1.807, 2.05) is 0 Å². The topological polar surface area (TPSA) is 107 Å². The van der Waals surface area contributed by atoms with Crippen LogP contribution in [0, 0.1) is 0 Å². The van der Waals surface area contributed by atoms with E-state index < -0.39 is 16.0 Å². The van der Waals surface area contributed by atoms with Crippen LogP contribution in [-0.4, -0.2) is 13.0 Å². The molecule has 1 aromatic carbocycles. The van der Waals surface area contributed by atoms with Crippen molar-refractivity contribution in [3.05, 3.63) is 40.9 Å². The maximum absolute atomic E-state index is 11.2. The van der Waals surface area contributed by atoms with Crippen LogP contribution in [0.5, 0.6) is 5.75 Å². The first kappa shape index (κ1) is 11.8. The maximum atomic E-state index is 11.2. The number of hydrogen-bond donors (Lipinski definition) is 1. The van der Waals surface area contributed by atoms with E-state index in [-0.39, 0.29) is 16.9 Å². The van der Waals surface area contributed by atoms with Crippen molar-refractivity contribution in [1.82, 2.24) is 0 Å². The lowest BCUT2D eigenvalue weighted by Crippen LogP contribution is -2.08. The molecule has 98 valence electrons. The molecule has 3 aromatic rings. The molecule has 0 aliphatic rings. The largest absolute Gasteiger partial charge is 0.460 e. The van der Waals surface area contributed by atoms with Crippen molar-refractivity contribution in [2.24, 2.45) is 0 Å². The monoisotopic (exact) mass is 282 g/mol. The molecule has 0 spiro atoms. The molecule has 0 bridgehead atoms. The van der Waals surface area contributed by atoms with Crippen LogP contribution in [0.4, 0.5) is 0 Å². The first-order chi connectivity index (χ1) is 8.94. The minimum absolute atomic E-state index is 0.0551. The van der Waals surface area contributed by atoms with E-state index in [4.69, 9.17) is 13.4 Å². The highest BCUT2D eigenvalue weighted by Crippen LogP contribution is 2.35. The van der Waals surface area contributed by atoms with Crippen LogP contribution >= 0.6 is 0 Å². The summed E-state index contributed by atoms with van der Waals surface area (Å²) in [6, 6.07) is 5.85. The maximum Gasteiger partial charge on any atom is 0.446 e. The van der Waals surface area contributed by atoms with Crippen LogP contribution in [0.2, 0.25) is 0 Å². The first-order valence-electron chi connectivity index (χ1n) is 5.05. The molecule has 19 heavy (non-hydrogen) atoms. The average Bonchev–Trinajstić information content (AvgIpc) is 2.76. The molecule has 0 fully saturated rings. The molecule has 0 saturated heterocycles. The second-order valence-corrected chi connectivity index (χ2v) is 4.75. The van der Waals surface area contributed by atoms with Crippen LogP contribution in [0.25, 0.3) is 21.9 Å². The van der Waals surface area contributed by atoms with Gasteiger partial charge in [0, 0.05) is 16.8 Å². The molecule has 2 aromatic heterocycles. The van der Waals surface area contributed by atoms with E-state index in [0.717, 1.165) is 0 Å². The molecule has 0 amide bonds. The van der Waals surface area contributed by atoms with Gasteiger partial charge in [0.05, 0.1) is 6.26 Å². The zero-order valence-corrected chi connectivity index (χ0v) is 10.0. The Morgan fingerprint density at radius 2 is 1.84 bits per heavy atom. The quantitative estimate of drug-likeness (QED) is 0.563. The van der Waals surface area contributed by atoms with Gasteiger partial charge >= 0.3 is 16.0 Å². The highest BCUT2D eigenvalue weighted by molar-refractivity contribution is 7.81. The summed E-state index contributed by atoms with van der Waals surface area (Å²) in [5, 5.41) is 0.979. The van der Waals surface area contributed by atoms with Crippen LogP contribution in [0.1, 0.15) is 0 Å². The summed E-state index contributed by atoms with van der Waals surface area (Å²) in [4.78, 5) is 11.2. The van der Waals surface area contributed by atoms with Crippen molar-refractivity contribution in [3.8, 4) is 5.75 Å². The Hall–Kier alpha value is -2.32. The van der Waals surface area contributed by atoms with Gasteiger partial charge < -0.3 is 13.0 Å². The molecular formula is C11H6O7S. The van der Waals surface area contributed by atoms with Crippen molar-refractivity contribution in [2.45, 2.75) is 0 Å². The Morgan fingerprint density at radius 3 is 2.58 bits per heavy atom. The van der Waals surface area contributed by atoms with Gasteiger partial charge in [0.1, 0.15) is 0 Å². The van der Waals surface area contributed by atoms with E-state index in [1.54, 1.807) is 12.1 Å². The minimum Gasteiger partial charge on any atom is -0.460 e. The summed E-state index contributed by atoms with van der Waals surface area (Å²) < 4.78 is 44.9. The van der Waals surface area contributed by atoms with E-state index in [1.165, 1.54) is 18.4 Å². The van der Waals surface area contributed by atoms with Gasteiger partial charge in [-0.1, -0.05) is 0 Å². The number of benzene rings is 1. The Morgan fingerprint density at radius 1 is 1.11 bits per heavy atom. The Balaban J connectivity index is 2.48. The van der Waals surface area contributed by atoms with Gasteiger partial charge in [-0.2, -0.15) is 8.42 Å². The van der Waals surface area contributed by atoms with Gasteiger partial charge in [-0.05, 0) is 18.2 Å². The summed E-state index contributed by atoms with van der Waals surface area (Å²) in [5.41, 5.74) is -0.745. The molecule has 1 N–H and O–H groups in total. The molecule has 2 heterocycles. The number of hydrogen-bond acceptors (Lipinski definition) is 6. The second-order valence-electron chi connectivity index (χ2n) is 3.73. The molecule has 7 nitrogen and oxygen atoms in total. The Bertz CT molecular complexity index is 932. The zero-order valence-electron chi connectivity index (χ0n) is 9.19. The highest BCUT2D eigenvalue weighted by atomic mass is 32.3. The van der Waals surface area contributed by atoms with Crippen LogP contribution < -0.4 is 9.81 Å². The summed E-state index contributed by atoms with van der Waals surface area (Å²) in [6.07, 6.45) is 1.32. The van der Waals surface area contributed by atoms with Gasteiger partial charge in [0.25, 0.3) is 0 Å². The van der Waals surface area contributed by atoms with Crippen LogP contribution in [0.15, 0.2) is 44.2 Å². The summed E-state index contributed by atoms with van der Waals surface area (Å²) in [7, 11) is -4.77. The van der Waals surface area contributed by atoms with Gasteiger partial charge in [0.15, 0.2) is 11.2 Å². The lowest BCUT2D eigenvalue weighted by molar-refractivity contribution is 0.383. The third kappa shape index (κ3) is 2.07. The van der Waals surface area contributed by atoms with Crippen molar-refractivity contribution < 1.29 is 26.0 Å². The number of fused-ring (bicyclic) bond motifs is 2. The highest BCUT2D eigenvalue weighted by Gasteiger charge is 2.19. The third-order valence-corrected chi connectivity index (χ3v) is 2.85. The second kappa shape index (κ2) is 3.84. The molecule has 0 unspecified atom stereocenters.